The lowest BCUT2D eigenvalue weighted by Gasteiger charge is -2.06. The molecule has 114 valence electrons. The van der Waals surface area contributed by atoms with Gasteiger partial charge < -0.3 is 14.8 Å². The van der Waals surface area contributed by atoms with Gasteiger partial charge in [-0.05, 0) is 30.3 Å². The summed E-state index contributed by atoms with van der Waals surface area (Å²) in [6.07, 6.45) is 4.53. The van der Waals surface area contributed by atoms with Crippen molar-refractivity contribution in [2.75, 3.05) is 12.1 Å². The SMILES string of the molecule is O=C(Nc1ccc(-n2cncn2)nc1)c1ccc2c(c1)OCO2. The minimum Gasteiger partial charge on any atom is -0.454 e. The van der Waals surface area contributed by atoms with Gasteiger partial charge in [0, 0.05) is 5.56 Å². The number of fused-ring (bicyclic) bond motifs is 1. The molecule has 23 heavy (non-hydrogen) atoms. The first-order valence-corrected chi connectivity index (χ1v) is 6.82. The fourth-order valence-corrected chi connectivity index (χ4v) is 2.16. The Morgan fingerprint density at radius 1 is 1.17 bits per heavy atom. The molecular weight excluding hydrogens is 298 g/mol. The maximum Gasteiger partial charge on any atom is 0.255 e. The second kappa shape index (κ2) is 5.41. The van der Waals surface area contributed by atoms with E-state index in [1.165, 1.54) is 11.0 Å². The number of pyridine rings is 1. The summed E-state index contributed by atoms with van der Waals surface area (Å²) in [6, 6.07) is 8.52. The molecule has 1 N–H and O–H groups in total. The Labute approximate surface area is 130 Å². The van der Waals surface area contributed by atoms with Gasteiger partial charge in [-0.3, -0.25) is 4.79 Å². The summed E-state index contributed by atoms with van der Waals surface area (Å²) < 4.78 is 12.0. The Bertz CT molecular complexity index is 846. The van der Waals surface area contributed by atoms with Crippen molar-refractivity contribution in [3.05, 3.63) is 54.7 Å². The highest BCUT2D eigenvalue weighted by atomic mass is 16.7. The Hall–Kier alpha value is -3.42. The largest absolute Gasteiger partial charge is 0.454 e. The molecule has 8 nitrogen and oxygen atoms in total. The zero-order chi connectivity index (χ0) is 15.6. The van der Waals surface area contributed by atoms with Gasteiger partial charge in [0.2, 0.25) is 6.79 Å². The number of rotatable bonds is 3. The molecule has 1 amide bonds. The monoisotopic (exact) mass is 309 g/mol. The molecule has 3 aromatic rings. The third kappa shape index (κ3) is 2.57. The highest BCUT2D eigenvalue weighted by Crippen LogP contribution is 2.32. The van der Waals surface area contributed by atoms with Gasteiger partial charge in [0.25, 0.3) is 5.91 Å². The molecule has 3 heterocycles. The Kier molecular flexibility index (Phi) is 3.12. The van der Waals surface area contributed by atoms with Gasteiger partial charge in [-0.1, -0.05) is 0 Å². The van der Waals surface area contributed by atoms with Crippen molar-refractivity contribution in [3.63, 3.8) is 0 Å². The van der Waals surface area contributed by atoms with Gasteiger partial charge in [-0.15, -0.1) is 0 Å². The molecule has 1 aliphatic heterocycles. The number of amides is 1. The molecule has 0 bridgehead atoms. The molecule has 1 aromatic carbocycles. The van der Waals surface area contributed by atoms with Gasteiger partial charge in [0.15, 0.2) is 17.3 Å². The van der Waals surface area contributed by atoms with E-state index in [4.69, 9.17) is 9.47 Å². The van der Waals surface area contributed by atoms with E-state index in [-0.39, 0.29) is 12.7 Å². The molecule has 0 unspecified atom stereocenters. The number of anilines is 1. The van der Waals surface area contributed by atoms with Crippen molar-refractivity contribution >= 4 is 11.6 Å². The van der Waals surface area contributed by atoms with E-state index in [9.17, 15) is 4.79 Å². The molecule has 0 aliphatic carbocycles. The summed E-state index contributed by atoms with van der Waals surface area (Å²) in [5.74, 6) is 1.57. The number of nitrogens with zero attached hydrogens (tertiary/aromatic N) is 4. The number of nitrogens with one attached hydrogen (secondary N) is 1. The summed E-state index contributed by atoms with van der Waals surface area (Å²) >= 11 is 0. The van der Waals surface area contributed by atoms with Crippen LogP contribution >= 0.6 is 0 Å². The first kappa shape index (κ1) is 13.3. The summed E-state index contributed by atoms with van der Waals surface area (Å²) in [6.45, 7) is 0.175. The van der Waals surface area contributed by atoms with E-state index < -0.39 is 0 Å². The summed E-state index contributed by atoms with van der Waals surface area (Å²) in [4.78, 5) is 20.3. The van der Waals surface area contributed by atoms with Gasteiger partial charge in [-0.2, -0.15) is 5.10 Å². The van der Waals surface area contributed by atoms with Crippen LogP contribution in [0.3, 0.4) is 0 Å². The van der Waals surface area contributed by atoms with Gasteiger partial charge in [0.05, 0.1) is 11.9 Å². The van der Waals surface area contributed by atoms with Crippen molar-refractivity contribution in [2.45, 2.75) is 0 Å². The van der Waals surface area contributed by atoms with Crippen LogP contribution in [0, 0.1) is 0 Å². The predicted octanol–water partition coefficient (Wildman–Crippen LogP) is 1.64. The number of benzene rings is 1. The highest BCUT2D eigenvalue weighted by molar-refractivity contribution is 6.04. The number of ether oxygens (including phenoxy) is 2. The molecule has 0 fully saturated rings. The van der Waals surface area contributed by atoms with Crippen molar-refractivity contribution < 1.29 is 14.3 Å². The zero-order valence-electron chi connectivity index (χ0n) is 11.8. The Morgan fingerprint density at radius 2 is 2.09 bits per heavy atom. The molecule has 0 atom stereocenters. The summed E-state index contributed by atoms with van der Waals surface area (Å²) in [5.41, 5.74) is 1.06. The summed E-state index contributed by atoms with van der Waals surface area (Å²) in [7, 11) is 0. The first-order valence-electron chi connectivity index (χ1n) is 6.82. The highest BCUT2D eigenvalue weighted by Gasteiger charge is 2.16. The van der Waals surface area contributed by atoms with Crippen LogP contribution in [0.1, 0.15) is 10.4 Å². The van der Waals surface area contributed by atoms with Crippen LogP contribution in [-0.4, -0.2) is 32.4 Å². The van der Waals surface area contributed by atoms with Crippen LogP contribution < -0.4 is 14.8 Å². The maximum absolute atomic E-state index is 12.3. The van der Waals surface area contributed by atoms with Crippen LogP contribution in [0.4, 0.5) is 5.69 Å². The van der Waals surface area contributed by atoms with E-state index >= 15 is 0 Å². The van der Waals surface area contributed by atoms with Crippen LogP contribution in [0.2, 0.25) is 0 Å². The summed E-state index contributed by atoms with van der Waals surface area (Å²) in [5, 5.41) is 6.77. The predicted molar refractivity (Wildman–Crippen MR) is 79.7 cm³/mol. The molecule has 2 aromatic heterocycles. The normalized spacial score (nSPS) is 12.2. The van der Waals surface area contributed by atoms with Gasteiger partial charge in [-0.25, -0.2) is 14.6 Å². The molecular formula is C15H11N5O3. The molecule has 0 spiro atoms. The lowest BCUT2D eigenvalue weighted by Crippen LogP contribution is -2.12. The molecule has 1 aliphatic rings. The minimum absolute atomic E-state index is 0.175. The average molecular weight is 309 g/mol. The maximum atomic E-state index is 12.3. The number of hydrogen-bond acceptors (Lipinski definition) is 6. The van der Waals surface area contributed by atoms with E-state index in [1.54, 1.807) is 42.9 Å². The minimum atomic E-state index is -0.251. The van der Waals surface area contributed by atoms with Crippen molar-refractivity contribution in [3.8, 4) is 17.3 Å². The number of carbonyl (C=O) groups is 1. The average Bonchev–Trinajstić information content (AvgIpc) is 3.26. The number of carbonyl (C=O) groups excluding carboxylic acids is 1. The number of aromatic nitrogens is 4. The van der Waals surface area contributed by atoms with Crippen LogP contribution in [-0.2, 0) is 0 Å². The van der Waals surface area contributed by atoms with Crippen LogP contribution in [0.25, 0.3) is 5.82 Å². The van der Waals surface area contributed by atoms with Crippen molar-refractivity contribution in [2.24, 2.45) is 0 Å². The third-order valence-electron chi connectivity index (χ3n) is 3.29. The van der Waals surface area contributed by atoms with Gasteiger partial charge in [0.1, 0.15) is 12.7 Å². The fourth-order valence-electron chi connectivity index (χ4n) is 2.16. The van der Waals surface area contributed by atoms with Crippen molar-refractivity contribution in [1.82, 2.24) is 19.7 Å². The molecule has 0 saturated carbocycles. The second-order valence-electron chi connectivity index (χ2n) is 4.77. The van der Waals surface area contributed by atoms with Crippen LogP contribution in [0.5, 0.6) is 11.5 Å². The standard InChI is InChI=1S/C15H11N5O3/c21-15(10-1-3-12-13(5-10)23-9-22-12)19-11-2-4-14(17-6-11)20-8-16-7-18-20/h1-8H,9H2,(H,19,21). The third-order valence-corrected chi connectivity index (χ3v) is 3.29. The lowest BCUT2D eigenvalue weighted by molar-refractivity contribution is 0.102. The van der Waals surface area contributed by atoms with Gasteiger partial charge >= 0.3 is 0 Å². The Morgan fingerprint density at radius 3 is 2.87 bits per heavy atom. The smallest absolute Gasteiger partial charge is 0.255 e. The van der Waals surface area contributed by atoms with E-state index in [0.29, 0.717) is 28.6 Å². The first-order chi connectivity index (χ1) is 11.3. The fraction of sp³-hybridized carbons (Fsp3) is 0.0667. The second-order valence-corrected chi connectivity index (χ2v) is 4.77. The molecule has 4 rings (SSSR count). The quantitative estimate of drug-likeness (QED) is 0.791. The molecule has 0 radical (unpaired) electrons. The Balaban J connectivity index is 1.50. The zero-order valence-corrected chi connectivity index (χ0v) is 11.8. The molecule has 8 heteroatoms. The van der Waals surface area contributed by atoms with Crippen molar-refractivity contribution in [1.29, 1.82) is 0 Å². The van der Waals surface area contributed by atoms with E-state index in [0.717, 1.165) is 0 Å². The number of hydrogen-bond donors (Lipinski definition) is 1. The molecule has 0 saturated heterocycles. The van der Waals surface area contributed by atoms with E-state index in [1.807, 2.05) is 0 Å². The van der Waals surface area contributed by atoms with E-state index in [2.05, 4.69) is 20.4 Å². The lowest BCUT2D eigenvalue weighted by atomic mass is 10.2. The van der Waals surface area contributed by atoms with Crippen LogP contribution in [0.15, 0.2) is 49.2 Å². The topological polar surface area (TPSA) is 91.2 Å².